The molecule has 2 aliphatic rings. The molecule has 200 valence electrons. The summed E-state index contributed by atoms with van der Waals surface area (Å²) in [6.45, 7) is 1.36. The molecular formula is C34H30N2O4. The summed E-state index contributed by atoms with van der Waals surface area (Å²) in [5, 5.41) is 12.7. The molecule has 1 aliphatic carbocycles. The molecule has 0 radical (unpaired) electrons. The Kier molecular flexibility index (Phi) is 6.91. The number of hydrogen-bond donors (Lipinski definition) is 2. The zero-order valence-corrected chi connectivity index (χ0v) is 22.0. The zero-order chi connectivity index (χ0) is 27.6. The van der Waals surface area contributed by atoms with Crippen LogP contribution >= 0.6 is 0 Å². The molecule has 1 fully saturated rings. The first-order chi connectivity index (χ1) is 19.5. The highest BCUT2D eigenvalue weighted by molar-refractivity contribution is 5.94. The lowest BCUT2D eigenvalue weighted by Gasteiger charge is -2.32. The van der Waals surface area contributed by atoms with Gasteiger partial charge in [0, 0.05) is 31.1 Å². The number of fused-ring (bicyclic) bond motifs is 1. The van der Waals surface area contributed by atoms with Crippen LogP contribution in [0.1, 0.15) is 55.3 Å². The third kappa shape index (κ3) is 5.13. The number of benzene rings is 4. The van der Waals surface area contributed by atoms with Crippen LogP contribution in [-0.4, -0.2) is 34.3 Å². The number of carboxylic acids is 1. The summed E-state index contributed by atoms with van der Waals surface area (Å²) in [6, 6.07) is 30.4. The number of aromatic carboxylic acids is 1. The van der Waals surface area contributed by atoms with Crippen LogP contribution < -0.4 is 5.32 Å². The van der Waals surface area contributed by atoms with Gasteiger partial charge in [0.25, 0.3) is 5.91 Å². The average Bonchev–Trinajstić information content (AvgIpc) is 3.81. The van der Waals surface area contributed by atoms with Crippen LogP contribution in [0.25, 0.3) is 11.1 Å². The highest BCUT2D eigenvalue weighted by Crippen LogP contribution is 2.47. The molecule has 0 unspecified atom stereocenters. The molecule has 1 aliphatic heterocycles. The maximum atomic E-state index is 13.3. The number of carbonyl (C=O) groups excluding carboxylic acids is 2. The van der Waals surface area contributed by atoms with E-state index < -0.39 is 5.97 Å². The Morgan fingerprint density at radius 3 is 2.30 bits per heavy atom. The number of carboxylic acid groups (broad SMARTS) is 1. The van der Waals surface area contributed by atoms with Gasteiger partial charge in [-0.2, -0.15) is 0 Å². The van der Waals surface area contributed by atoms with Crippen LogP contribution in [0.5, 0.6) is 0 Å². The normalized spacial score (nSPS) is 17.6. The van der Waals surface area contributed by atoms with E-state index in [2.05, 4.69) is 17.4 Å². The maximum absolute atomic E-state index is 13.3. The van der Waals surface area contributed by atoms with Crippen LogP contribution in [0.15, 0.2) is 97.1 Å². The molecule has 2 amide bonds. The van der Waals surface area contributed by atoms with Gasteiger partial charge in [0.05, 0.1) is 5.56 Å². The number of nitrogens with one attached hydrogen (secondary N) is 1. The van der Waals surface area contributed by atoms with Gasteiger partial charge in [-0.3, -0.25) is 9.59 Å². The molecule has 40 heavy (non-hydrogen) atoms. The highest BCUT2D eigenvalue weighted by atomic mass is 16.4. The Labute approximate surface area is 233 Å². The van der Waals surface area contributed by atoms with Gasteiger partial charge >= 0.3 is 5.97 Å². The lowest BCUT2D eigenvalue weighted by atomic mass is 9.87. The largest absolute Gasteiger partial charge is 0.478 e. The van der Waals surface area contributed by atoms with Gasteiger partial charge in [-0.05, 0) is 76.4 Å². The van der Waals surface area contributed by atoms with Gasteiger partial charge in [0.1, 0.15) is 0 Å². The topological polar surface area (TPSA) is 86.7 Å². The van der Waals surface area contributed by atoms with Gasteiger partial charge in [0.2, 0.25) is 5.91 Å². The van der Waals surface area contributed by atoms with Gasteiger partial charge < -0.3 is 15.3 Å². The SMILES string of the molecule is O=C(O)c1cccc(-c2ccc(CNC(=O)[C@@H]3C[C@@H]3c3ccccc3)c3c2CCN(C(=O)c2ccccc2)C3)c1. The van der Waals surface area contributed by atoms with Crippen molar-refractivity contribution in [2.24, 2.45) is 5.92 Å². The summed E-state index contributed by atoms with van der Waals surface area (Å²) in [5.41, 5.74) is 6.96. The highest BCUT2D eigenvalue weighted by Gasteiger charge is 2.43. The molecular weight excluding hydrogens is 500 g/mol. The minimum absolute atomic E-state index is 0.0209. The van der Waals surface area contributed by atoms with Crippen molar-refractivity contribution < 1.29 is 19.5 Å². The molecule has 6 nitrogen and oxygen atoms in total. The summed E-state index contributed by atoms with van der Waals surface area (Å²) in [6.07, 6.45) is 1.49. The van der Waals surface area contributed by atoms with E-state index in [0.29, 0.717) is 31.6 Å². The first kappa shape index (κ1) is 25.6. The van der Waals surface area contributed by atoms with Crippen molar-refractivity contribution in [3.8, 4) is 11.1 Å². The Hall–Kier alpha value is -4.71. The number of carbonyl (C=O) groups is 3. The second-order valence-electron chi connectivity index (χ2n) is 10.5. The van der Waals surface area contributed by atoms with E-state index in [9.17, 15) is 19.5 Å². The van der Waals surface area contributed by atoms with Crippen molar-refractivity contribution in [2.45, 2.75) is 31.8 Å². The molecule has 0 bridgehead atoms. The fourth-order valence-corrected chi connectivity index (χ4v) is 5.80. The van der Waals surface area contributed by atoms with Gasteiger partial charge in [-0.1, -0.05) is 72.8 Å². The summed E-state index contributed by atoms with van der Waals surface area (Å²) in [5.74, 6) is -0.703. The fraction of sp³-hybridized carbons (Fsp3) is 0.206. The number of rotatable bonds is 7. The van der Waals surface area contributed by atoms with Crippen molar-refractivity contribution in [3.05, 3.63) is 130 Å². The second kappa shape index (κ2) is 10.8. The summed E-state index contributed by atoms with van der Waals surface area (Å²) >= 11 is 0. The van der Waals surface area contributed by atoms with E-state index in [-0.39, 0.29) is 29.2 Å². The summed E-state index contributed by atoms with van der Waals surface area (Å²) in [7, 11) is 0. The molecule has 6 rings (SSSR count). The maximum Gasteiger partial charge on any atom is 0.335 e. The fourth-order valence-electron chi connectivity index (χ4n) is 5.80. The smallest absolute Gasteiger partial charge is 0.335 e. The second-order valence-corrected chi connectivity index (χ2v) is 10.5. The molecule has 4 aromatic rings. The van der Waals surface area contributed by atoms with Crippen molar-refractivity contribution in [2.75, 3.05) is 6.54 Å². The predicted molar refractivity (Wildman–Crippen MR) is 153 cm³/mol. The first-order valence-electron chi connectivity index (χ1n) is 13.6. The summed E-state index contributed by atoms with van der Waals surface area (Å²) < 4.78 is 0. The number of nitrogens with zero attached hydrogens (tertiary/aromatic N) is 1. The number of amides is 2. The van der Waals surface area contributed by atoms with Crippen LogP contribution in [0.4, 0.5) is 0 Å². The molecule has 2 N–H and O–H groups in total. The van der Waals surface area contributed by atoms with E-state index in [1.807, 2.05) is 71.6 Å². The molecule has 2 atom stereocenters. The van der Waals surface area contributed by atoms with E-state index in [0.717, 1.165) is 34.2 Å². The molecule has 6 heteroatoms. The van der Waals surface area contributed by atoms with E-state index >= 15 is 0 Å². The standard InChI is InChI=1S/C34H30N2O4/c37-32(30-19-29(30)22-8-3-1-4-9-22)35-20-26-14-15-27(24-12-7-13-25(18-24)34(39)40)28-16-17-36(21-31(26)28)33(38)23-10-5-2-6-11-23/h1-15,18,29-30H,16-17,19-21H2,(H,35,37)(H,39,40)/t29-,30-/m1/s1. The van der Waals surface area contributed by atoms with Crippen LogP contribution in [-0.2, 0) is 24.3 Å². The molecule has 0 saturated heterocycles. The lowest BCUT2D eigenvalue weighted by molar-refractivity contribution is -0.122. The Morgan fingerprint density at radius 1 is 0.825 bits per heavy atom. The summed E-state index contributed by atoms with van der Waals surface area (Å²) in [4.78, 5) is 39.8. The third-order valence-electron chi connectivity index (χ3n) is 8.05. The molecule has 1 saturated carbocycles. The van der Waals surface area contributed by atoms with Gasteiger partial charge in [0.15, 0.2) is 0 Å². The lowest BCUT2D eigenvalue weighted by Crippen LogP contribution is -2.37. The predicted octanol–water partition coefficient (Wildman–Crippen LogP) is 5.67. The number of hydrogen-bond acceptors (Lipinski definition) is 3. The molecule has 1 heterocycles. The van der Waals surface area contributed by atoms with E-state index in [4.69, 9.17) is 0 Å². The minimum Gasteiger partial charge on any atom is -0.478 e. The van der Waals surface area contributed by atoms with Crippen molar-refractivity contribution in [1.82, 2.24) is 10.2 Å². The Morgan fingerprint density at radius 2 is 1.55 bits per heavy atom. The molecule has 4 aromatic carbocycles. The van der Waals surface area contributed by atoms with Gasteiger partial charge in [-0.15, -0.1) is 0 Å². The monoisotopic (exact) mass is 530 g/mol. The molecule has 0 spiro atoms. The van der Waals surface area contributed by atoms with Crippen molar-refractivity contribution in [1.29, 1.82) is 0 Å². The molecule has 0 aromatic heterocycles. The van der Waals surface area contributed by atoms with Crippen molar-refractivity contribution >= 4 is 17.8 Å². The average molecular weight is 531 g/mol. The van der Waals surface area contributed by atoms with E-state index in [1.165, 1.54) is 5.56 Å². The Balaban J connectivity index is 1.28. The van der Waals surface area contributed by atoms with E-state index in [1.54, 1.807) is 18.2 Å². The third-order valence-corrected chi connectivity index (χ3v) is 8.05. The van der Waals surface area contributed by atoms with Gasteiger partial charge in [-0.25, -0.2) is 4.79 Å². The quantitative estimate of drug-likeness (QED) is 0.322. The van der Waals surface area contributed by atoms with Crippen LogP contribution in [0.3, 0.4) is 0 Å². The van der Waals surface area contributed by atoms with Crippen LogP contribution in [0, 0.1) is 5.92 Å². The van der Waals surface area contributed by atoms with Crippen molar-refractivity contribution in [3.63, 3.8) is 0 Å². The van der Waals surface area contributed by atoms with Crippen LogP contribution in [0.2, 0.25) is 0 Å². The first-order valence-corrected chi connectivity index (χ1v) is 13.6. The zero-order valence-electron chi connectivity index (χ0n) is 22.0. The minimum atomic E-state index is -0.969. The Bertz CT molecular complexity index is 1580.